The molecular formula is C17H18N2O. The van der Waals surface area contributed by atoms with E-state index in [1.165, 1.54) is 5.56 Å². The Bertz CT molecular complexity index is 558. The van der Waals surface area contributed by atoms with Crippen LogP contribution in [-0.4, -0.2) is 17.8 Å². The highest BCUT2D eigenvalue weighted by Gasteiger charge is 2.07. The molecule has 20 heavy (non-hydrogen) atoms. The first kappa shape index (κ1) is 14.3. The van der Waals surface area contributed by atoms with Gasteiger partial charge in [0.15, 0.2) is 0 Å². The molecular weight excluding hydrogens is 248 g/mol. The molecule has 0 aromatic heterocycles. The monoisotopic (exact) mass is 266 g/mol. The van der Waals surface area contributed by atoms with E-state index < -0.39 is 0 Å². The number of rotatable bonds is 6. The van der Waals surface area contributed by atoms with E-state index in [-0.39, 0.29) is 12.6 Å². The molecule has 0 aliphatic carbocycles. The second-order valence-corrected chi connectivity index (χ2v) is 4.76. The van der Waals surface area contributed by atoms with Crippen molar-refractivity contribution in [3.8, 4) is 6.07 Å². The number of aliphatic hydroxyl groups is 1. The lowest BCUT2D eigenvalue weighted by atomic mass is 10.1. The van der Waals surface area contributed by atoms with Gasteiger partial charge in [0.25, 0.3) is 0 Å². The van der Waals surface area contributed by atoms with Crippen molar-refractivity contribution in [1.29, 1.82) is 5.26 Å². The Balaban J connectivity index is 1.88. The number of hydrogen-bond acceptors (Lipinski definition) is 3. The van der Waals surface area contributed by atoms with Gasteiger partial charge >= 0.3 is 0 Å². The second kappa shape index (κ2) is 7.44. The van der Waals surface area contributed by atoms with Crippen LogP contribution in [0.5, 0.6) is 0 Å². The number of aliphatic hydroxyl groups excluding tert-OH is 1. The van der Waals surface area contributed by atoms with E-state index >= 15 is 0 Å². The molecule has 0 amide bonds. The summed E-state index contributed by atoms with van der Waals surface area (Å²) in [6, 6.07) is 19.7. The lowest BCUT2D eigenvalue weighted by Crippen LogP contribution is -2.34. The summed E-state index contributed by atoms with van der Waals surface area (Å²) in [4.78, 5) is 0. The van der Waals surface area contributed by atoms with Crippen molar-refractivity contribution in [2.45, 2.75) is 19.0 Å². The Kier molecular flexibility index (Phi) is 5.31. The minimum atomic E-state index is 0.0352. The standard InChI is InChI=1S/C17H18N2O/c18-11-15-6-8-16(9-7-15)12-19-17(13-20)10-14-4-2-1-3-5-14/h1-9,17,19-20H,10,12-13H2/t17-/m0/s1. The highest BCUT2D eigenvalue weighted by atomic mass is 16.3. The molecule has 0 saturated carbocycles. The molecule has 0 aliphatic rings. The van der Waals surface area contributed by atoms with Gasteiger partial charge in [-0.2, -0.15) is 5.26 Å². The van der Waals surface area contributed by atoms with Crippen LogP contribution in [0.2, 0.25) is 0 Å². The van der Waals surface area contributed by atoms with Crippen molar-refractivity contribution < 1.29 is 5.11 Å². The number of hydrogen-bond donors (Lipinski definition) is 2. The summed E-state index contributed by atoms with van der Waals surface area (Å²) in [5.41, 5.74) is 2.98. The smallest absolute Gasteiger partial charge is 0.0991 e. The fourth-order valence-electron chi connectivity index (χ4n) is 2.06. The Hall–Kier alpha value is -2.15. The van der Waals surface area contributed by atoms with Crippen LogP contribution in [0.4, 0.5) is 0 Å². The van der Waals surface area contributed by atoms with E-state index in [4.69, 9.17) is 5.26 Å². The molecule has 0 saturated heterocycles. The van der Waals surface area contributed by atoms with Gasteiger partial charge < -0.3 is 10.4 Å². The van der Waals surface area contributed by atoms with Crippen molar-refractivity contribution in [3.05, 3.63) is 71.3 Å². The molecule has 0 fully saturated rings. The van der Waals surface area contributed by atoms with Gasteiger partial charge in [0.2, 0.25) is 0 Å². The maximum atomic E-state index is 9.44. The van der Waals surface area contributed by atoms with Crippen LogP contribution in [0.25, 0.3) is 0 Å². The fourth-order valence-corrected chi connectivity index (χ4v) is 2.06. The van der Waals surface area contributed by atoms with Crippen molar-refractivity contribution >= 4 is 0 Å². The molecule has 102 valence electrons. The summed E-state index contributed by atoms with van der Waals surface area (Å²) in [5, 5.41) is 21.5. The first-order chi connectivity index (χ1) is 9.81. The summed E-state index contributed by atoms with van der Waals surface area (Å²) in [5.74, 6) is 0. The third-order valence-electron chi connectivity index (χ3n) is 3.22. The zero-order valence-electron chi connectivity index (χ0n) is 11.3. The Morgan fingerprint density at radius 2 is 1.70 bits per heavy atom. The number of nitrogens with zero attached hydrogens (tertiary/aromatic N) is 1. The quantitative estimate of drug-likeness (QED) is 0.843. The van der Waals surface area contributed by atoms with Gasteiger partial charge in [0.05, 0.1) is 18.2 Å². The Morgan fingerprint density at radius 3 is 2.30 bits per heavy atom. The number of nitrogens with one attached hydrogen (secondary N) is 1. The molecule has 0 spiro atoms. The average Bonchev–Trinajstić information content (AvgIpc) is 2.53. The van der Waals surface area contributed by atoms with Crippen LogP contribution in [0.15, 0.2) is 54.6 Å². The maximum Gasteiger partial charge on any atom is 0.0991 e. The molecule has 3 nitrogen and oxygen atoms in total. The molecule has 3 heteroatoms. The lowest BCUT2D eigenvalue weighted by Gasteiger charge is -2.16. The van der Waals surface area contributed by atoms with Crippen LogP contribution >= 0.6 is 0 Å². The molecule has 1 atom stereocenters. The fraction of sp³-hybridized carbons (Fsp3) is 0.235. The van der Waals surface area contributed by atoms with E-state index in [1.807, 2.05) is 42.5 Å². The third kappa shape index (κ3) is 4.20. The van der Waals surface area contributed by atoms with E-state index in [1.54, 1.807) is 0 Å². The summed E-state index contributed by atoms with van der Waals surface area (Å²) in [7, 11) is 0. The molecule has 0 heterocycles. The SMILES string of the molecule is N#Cc1ccc(CN[C@H](CO)Cc2ccccc2)cc1. The van der Waals surface area contributed by atoms with Crippen molar-refractivity contribution in [3.63, 3.8) is 0 Å². The highest BCUT2D eigenvalue weighted by Crippen LogP contribution is 2.06. The van der Waals surface area contributed by atoms with Gasteiger partial charge in [0, 0.05) is 12.6 Å². The lowest BCUT2D eigenvalue weighted by molar-refractivity contribution is 0.241. The van der Waals surface area contributed by atoms with Crippen LogP contribution < -0.4 is 5.32 Å². The second-order valence-electron chi connectivity index (χ2n) is 4.76. The zero-order valence-corrected chi connectivity index (χ0v) is 11.3. The average molecular weight is 266 g/mol. The minimum absolute atomic E-state index is 0.0352. The Morgan fingerprint density at radius 1 is 1.00 bits per heavy atom. The van der Waals surface area contributed by atoms with Gasteiger partial charge in [-0.05, 0) is 29.7 Å². The number of nitriles is 1. The van der Waals surface area contributed by atoms with Crippen molar-refractivity contribution in [2.24, 2.45) is 0 Å². The van der Waals surface area contributed by atoms with E-state index in [0.29, 0.717) is 12.1 Å². The first-order valence-corrected chi connectivity index (χ1v) is 6.69. The number of benzene rings is 2. The summed E-state index contributed by atoms with van der Waals surface area (Å²) in [6.07, 6.45) is 0.799. The van der Waals surface area contributed by atoms with Gasteiger partial charge in [-0.15, -0.1) is 0 Å². The van der Waals surface area contributed by atoms with Crippen molar-refractivity contribution in [2.75, 3.05) is 6.61 Å². The molecule has 0 bridgehead atoms. The maximum absolute atomic E-state index is 9.44. The normalized spacial score (nSPS) is 11.8. The van der Waals surface area contributed by atoms with Gasteiger partial charge in [-0.1, -0.05) is 42.5 Å². The summed E-state index contributed by atoms with van der Waals surface area (Å²) >= 11 is 0. The molecule has 2 aromatic rings. The van der Waals surface area contributed by atoms with Gasteiger partial charge in [-0.25, -0.2) is 0 Å². The highest BCUT2D eigenvalue weighted by molar-refractivity contribution is 5.31. The molecule has 2 N–H and O–H groups in total. The largest absolute Gasteiger partial charge is 0.395 e. The minimum Gasteiger partial charge on any atom is -0.395 e. The van der Waals surface area contributed by atoms with Crippen LogP contribution in [-0.2, 0) is 13.0 Å². The molecule has 0 radical (unpaired) electrons. The van der Waals surface area contributed by atoms with Gasteiger partial charge in [0.1, 0.15) is 0 Å². The molecule has 0 aliphatic heterocycles. The Labute approximate surface area is 119 Å². The molecule has 2 aromatic carbocycles. The third-order valence-corrected chi connectivity index (χ3v) is 3.22. The van der Waals surface area contributed by atoms with Crippen LogP contribution in [0.3, 0.4) is 0 Å². The van der Waals surface area contributed by atoms with E-state index in [0.717, 1.165) is 12.0 Å². The molecule has 2 rings (SSSR count). The summed E-state index contributed by atoms with van der Waals surface area (Å²) in [6.45, 7) is 0.787. The molecule has 0 unspecified atom stereocenters. The first-order valence-electron chi connectivity index (χ1n) is 6.69. The predicted octanol–water partition coefficient (Wildman–Crippen LogP) is 2.25. The van der Waals surface area contributed by atoms with E-state index in [2.05, 4.69) is 23.5 Å². The van der Waals surface area contributed by atoms with Crippen LogP contribution in [0.1, 0.15) is 16.7 Å². The predicted molar refractivity (Wildman–Crippen MR) is 79.0 cm³/mol. The summed E-state index contributed by atoms with van der Waals surface area (Å²) < 4.78 is 0. The van der Waals surface area contributed by atoms with Crippen molar-refractivity contribution in [1.82, 2.24) is 5.32 Å². The van der Waals surface area contributed by atoms with Gasteiger partial charge in [-0.3, -0.25) is 0 Å². The zero-order chi connectivity index (χ0) is 14.2. The van der Waals surface area contributed by atoms with Crippen LogP contribution in [0, 0.1) is 11.3 Å². The topological polar surface area (TPSA) is 56.0 Å². The van der Waals surface area contributed by atoms with E-state index in [9.17, 15) is 5.11 Å².